The molecule has 41 heavy (non-hydrogen) atoms. The Kier molecular flexibility index (Phi) is 6.83. The summed E-state index contributed by atoms with van der Waals surface area (Å²) in [7, 11) is 0. The van der Waals surface area contributed by atoms with Crippen LogP contribution in [0.1, 0.15) is 32.2 Å². The van der Waals surface area contributed by atoms with Gasteiger partial charge >= 0.3 is 0 Å². The van der Waals surface area contributed by atoms with E-state index in [1.54, 1.807) is 10.9 Å². The van der Waals surface area contributed by atoms with Crippen molar-refractivity contribution in [2.45, 2.75) is 32.6 Å². The van der Waals surface area contributed by atoms with E-state index in [0.717, 1.165) is 35.9 Å². The Morgan fingerprint density at radius 1 is 1.05 bits per heavy atom. The van der Waals surface area contributed by atoms with Crippen molar-refractivity contribution in [3.8, 4) is 16.9 Å². The molecule has 12 heteroatoms. The second kappa shape index (κ2) is 10.6. The summed E-state index contributed by atoms with van der Waals surface area (Å²) in [5.41, 5.74) is 10.1. The molecule has 6 rings (SSSR count). The molecular formula is C29H31N9O3. The van der Waals surface area contributed by atoms with E-state index in [2.05, 4.69) is 30.3 Å². The molecule has 0 radical (unpaired) electrons. The lowest BCUT2D eigenvalue weighted by Crippen LogP contribution is -2.36. The highest BCUT2D eigenvalue weighted by Gasteiger charge is 2.21. The predicted molar refractivity (Wildman–Crippen MR) is 155 cm³/mol. The molecule has 0 saturated carbocycles. The number of nitrogens with zero attached hydrogens (tertiary/aromatic N) is 7. The minimum Gasteiger partial charge on any atom is -0.383 e. The van der Waals surface area contributed by atoms with Gasteiger partial charge < -0.3 is 25.2 Å². The predicted octanol–water partition coefficient (Wildman–Crippen LogP) is 3.76. The number of hydrogen-bond donors (Lipinski definition) is 2. The Labute approximate surface area is 236 Å². The summed E-state index contributed by atoms with van der Waals surface area (Å²) in [6.45, 7) is 9.08. The highest BCUT2D eigenvalue weighted by atomic mass is 16.5. The number of benzene rings is 1. The first-order chi connectivity index (χ1) is 19.8. The fourth-order valence-electron chi connectivity index (χ4n) is 4.67. The highest BCUT2D eigenvalue weighted by Crippen LogP contribution is 2.32. The second-order valence-corrected chi connectivity index (χ2v) is 10.9. The smallest absolute Gasteiger partial charge is 0.230 e. The van der Waals surface area contributed by atoms with Crippen LogP contribution in [0, 0.1) is 0 Å². The van der Waals surface area contributed by atoms with Crippen LogP contribution in [-0.2, 0) is 21.4 Å². The normalized spacial score (nSPS) is 14.0. The van der Waals surface area contributed by atoms with Gasteiger partial charge in [-0.2, -0.15) is 5.10 Å². The molecular weight excluding hydrogens is 522 g/mol. The first kappa shape index (κ1) is 26.4. The minimum atomic E-state index is -0.188. The van der Waals surface area contributed by atoms with Crippen LogP contribution in [0.3, 0.4) is 0 Å². The molecule has 0 spiro atoms. The Balaban J connectivity index is 1.23. The lowest BCUT2D eigenvalue weighted by molar-refractivity contribution is -0.115. The molecule has 1 amide bonds. The van der Waals surface area contributed by atoms with Crippen molar-refractivity contribution < 1.29 is 14.1 Å². The lowest BCUT2D eigenvalue weighted by atomic mass is 9.93. The quantitative estimate of drug-likeness (QED) is 0.318. The zero-order chi connectivity index (χ0) is 28.6. The number of aromatic nitrogens is 6. The number of pyridine rings is 1. The van der Waals surface area contributed by atoms with Gasteiger partial charge in [-0.05, 0) is 36.4 Å². The van der Waals surface area contributed by atoms with E-state index in [-0.39, 0.29) is 17.7 Å². The van der Waals surface area contributed by atoms with Crippen molar-refractivity contribution in [3.05, 3.63) is 66.4 Å². The third-order valence-corrected chi connectivity index (χ3v) is 6.89. The van der Waals surface area contributed by atoms with Gasteiger partial charge in [0.2, 0.25) is 5.91 Å². The molecule has 1 saturated heterocycles. The number of rotatable bonds is 6. The average Bonchev–Trinajstić information content (AvgIpc) is 3.60. The molecule has 3 N–H and O–H groups in total. The molecule has 0 aliphatic carbocycles. The zero-order valence-corrected chi connectivity index (χ0v) is 23.2. The van der Waals surface area contributed by atoms with Gasteiger partial charge in [0.25, 0.3) is 0 Å². The van der Waals surface area contributed by atoms with E-state index < -0.39 is 0 Å². The number of hydrogen-bond acceptors (Lipinski definition) is 10. The average molecular weight is 554 g/mol. The van der Waals surface area contributed by atoms with E-state index in [1.807, 2.05) is 63.2 Å². The maximum Gasteiger partial charge on any atom is 0.230 e. The van der Waals surface area contributed by atoms with E-state index in [9.17, 15) is 4.79 Å². The van der Waals surface area contributed by atoms with Gasteiger partial charge in [0.1, 0.15) is 29.4 Å². The van der Waals surface area contributed by atoms with Gasteiger partial charge in [-0.15, -0.1) is 0 Å². The first-order valence-corrected chi connectivity index (χ1v) is 13.4. The highest BCUT2D eigenvalue weighted by molar-refractivity contribution is 5.99. The van der Waals surface area contributed by atoms with Crippen molar-refractivity contribution in [2.24, 2.45) is 0 Å². The number of morpholine rings is 1. The molecule has 5 heterocycles. The standard InChI is InChI=1S/C29H31N9O3/c1-29(2,3)22-14-20(36-41-22)15-24(39)34-19-5-7-21(8-6-19)38-28-25(27(30)32-17-33-28)26(35-38)18-4-9-23(31-16-18)37-10-12-40-13-11-37/h4-9,14,16-17H,10-13,15H2,1-3H3,(H,34,39)(H2,30,32,33). The summed E-state index contributed by atoms with van der Waals surface area (Å²) in [5.74, 6) is 1.77. The summed E-state index contributed by atoms with van der Waals surface area (Å²) >= 11 is 0. The van der Waals surface area contributed by atoms with Crippen molar-refractivity contribution in [1.29, 1.82) is 0 Å². The number of carbonyl (C=O) groups is 1. The fourth-order valence-corrected chi connectivity index (χ4v) is 4.67. The van der Waals surface area contributed by atoms with Crippen molar-refractivity contribution in [2.75, 3.05) is 42.3 Å². The van der Waals surface area contributed by atoms with E-state index in [4.69, 9.17) is 20.1 Å². The monoisotopic (exact) mass is 553 g/mol. The number of amides is 1. The second-order valence-electron chi connectivity index (χ2n) is 10.9. The van der Waals surface area contributed by atoms with Crippen LogP contribution < -0.4 is 16.0 Å². The van der Waals surface area contributed by atoms with E-state index in [1.165, 1.54) is 6.33 Å². The topological polar surface area (TPSA) is 150 Å². The number of nitrogen functional groups attached to an aromatic ring is 1. The minimum absolute atomic E-state index is 0.114. The molecule has 0 atom stereocenters. The number of ether oxygens (including phenoxy) is 1. The van der Waals surface area contributed by atoms with E-state index in [0.29, 0.717) is 47.1 Å². The Bertz CT molecular complexity index is 1680. The molecule has 0 unspecified atom stereocenters. The fraction of sp³-hybridized carbons (Fsp3) is 0.310. The molecule has 1 aliphatic heterocycles. The van der Waals surface area contributed by atoms with Gasteiger partial charge in [-0.1, -0.05) is 25.9 Å². The van der Waals surface area contributed by atoms with Crippen LogP contribution in [0.2, 0.25) is 0 Å². The molecule has 4 aromatic heterocycles. The lowest BCUT2D eigenvalue weighted by Gasteiger charge is -2.27. The van der Waals surface area contributed by atoms with Crippen LogP contribution in [0.25, 0.3) is 28.0 Å². The molecule has 1 aliphatic rings. The Morgan fingerprint density at radius 3 is 2.51 bits per heavy atom. The van der Waals surface area contributed by atoms with Crippen molar-refractivity contribution in [1.82, 2.24) is 29.9 Å². The number of fused-ring (bicyclic) bond motifs is 1. The Morgan fingerprint density at radius 2 is 1.83 bits per heavy atom. The number of nitrogens with one attached hydrogen (secondary N) is 1. The van der Waals surface area contributed by atoms with E-state index >= 15 is 0 Å². The molecule has 1 aromatic carbocycles. The van der Waals surface area contributed by atoms with Crippen molar-refractivity contribution >= 4 is 34.3 Å². The van der Waals surface area contributed by atoms with Crippen LogP contribution in [0.4, 0.5) is 17.3 Å². The van der Waals surface area contributed by atoms with Gasteiger partial charge in [0.15, 0.2) is 5.65 Å². The Hall–Kier alpha value is -4.84. The third kappa shape index (κ3) is 5.46. The first-order valence-electron chi connectivity index (χ1n) is 13.4. The van der Waals surface area contributed by atoms with Crippen molar-refractivity contribution in [3.63, 3.8) is 0 Å². The van der Waals surface area contributed by atoms with Gasteiger partial charge in [0, 0.05) is 42.0 Å². The SMILES string of the molecule is CC(C)(C)c1cc(CC(=O)Nc2ccc(-n3nc(-c4ccc(N5CCOCC5)nc4)c4c(N)ncnc43)cc2)no1. The zero-order valence-electron chi connectivity index (χ0n) is 23.2. The number of anilines is 3. The number of nitrogens with two attached hydrogens (primary N) is 1. The van der Waals surface area contributed by atoms with Gasteiger partial charge in [-0.25, -0.2) is 19.6 Å². The molecule has 0 bridgehead atoms. The summed E-state index contributed by atoms with van der Waals surface area (Å²) in [6, 6.07) is 13.1. The summed E-state index contributed by atoms with van der Waals surface area (Å²) in [5, 5.41) is 12.4. The van der Waals surface area contributed by atoms with Gasteiger partial charge in [0.05, 0.1) is 36.4 Å². The van der Waals surface area contributed by atoms with Crippen LogP contribution >= 0.6 is 0 Å². The maximum absolute atomic E-state index is 12.6. The largest absolute Gasteiger partial charge is 0.383 e. The molecule has 5 aromatic rings. The van der Waals surface area contributed by atoms with Crippen LogP contribution in [-0.4, -0.2) is 62.1 Å². The summed E-state index contributed by atoms with van der Waals surface area (Å²) in [4.78, 5) is 28.2. The van der Waals surface area contributed by atoms with Gasteiger partial charge in [-0.3, -0.25) is 4.79 Å². The molecule has 210 valence electrons. The molecule has 1 fully saturated rings. The maximum atomic E-state index is 12.6. The summed E-state index contributed by atoms with van der Waals surface area (Å²) < 4.78 is 12.5. The number of carbonyl (C=O) groups excluding carboxylic acids is 1. The third-order valence-electron chi connectivity index (χ3n) is 6.89. The van der Waals surface area contributed by atoms with Crippen LogP contribution in [0.5, 0.6) is 0 Å². The summed E-state index contributed by atoms with van der Waals surface area (Å²) in [6.07, 6.45) is 3.33. The van der Waals surface area contributed by atoms with Crippen LogP contribution in [0.15, 0.2) is 59.5 Å². The molecule has 12 nitrogen and oxygen atoms in total.